The van der Waals surface area contributed by atoms with E-state index in [9.17, 15) is 9.18 Å². The van der Waals surface area contributed by atoms with Crippen molar-refractivity contribution in [2.24, 2.45) is 0 Å². The summed E-state index contributed by atoms with van der Waals surface area (Å²) in [5.41, 5.74) is 2.64. The molecular formula is C27H28FN3O4. The lowest BCUT2D eigenvalue weighted by Crippen LogP contribution is -2.50. The Morgan fingerprint density at radius 1 is 0.971 bits per heavy atom. The number of nitrogens with zero attached hydrogens (tertiary/aromatic N) is 2. The van der Waals surface area contributed by atoms with Crippen LogP contribution in [0.25, 0.3) is 0 Å². The van der Waals surface area contributed by atoms with Crippen molar-refractivity contribution in [3.8, 4) is 17.2 Å². The maximum absolute atomic E-state index is 13.3. The van der Waals surface area contributed by atoms with Crippen molar-refractivity contribution >= 4 is 11.6 Å². The second-order valence-corrected chi connectivity index (χ2v) is 8.57. The van der Waals surface area contributed by atoms with Gasteiger partial charge in [0, 0.05) is 44.0 Å². The topological polar surface area (TPSA) is 63.3 Å². The van der Waals surface area contributed by atoms with Crippen LogP contribution in [0, 0.1) is 5.82 Å². The first-order valence-electron chi connectivity index (χ1n) is 11.7. The summed E-state index contributed by atoms with van der Waals surface area (Å²) in [7, 11) is 1.67. The zero-order valence-corrected chi connectivity index (χ0v) is 19.6. The summed E-state index contributed by atoms with van der Waals surface area (Å²) in [6.07, 6.45) is 0. The van der Waals surface area contributed by atoms with Gasteiger partial charge in [0.1, 0.15) is 11.6 Å². The molecule has 1 N–H and O–H groups in total. The van der Waals surface area contributed by atoms with Crippen molar-refractivity contribution in [3.63, 3.8) is 0 Å². The van der Waals surface area contributed by atoms with Crippen LogP contribution in [0.15, 0.2) is 66.7 Å². The molecule has 1 saturated heterocycles. The number of methoxy groups -OCH3 is 1. The summed E-state index contributed by atoms with van der Waals surface area (Å²) in [5, 5.41) is 3.03. The number of carbonyl (C=O) groups is 1. The van der Waals surface area contributed by atoms with Gasteiger partial charge in [-0.2, -0.15) is 0 Å². The van der Waals surface area contributed by atoms with E-state index in [-0.39, 0.29) is 24.6 Å². The number of benzene rings is 3. The summed E-state index contributed by atoms with van der Waals surface area (Å²) in [4.78, 5) is 17.5. The molecule has 3 aromatic rings. The van der Waals surface area contributed by atoms with Gasteiger partial charge in [0.25, 0.3) is 5.91 Å². The normalized spacial score (nSPS) is 16.1. The summed E-state index contributed by atoms with van der Waals surface area (Å²) >= 11 is 0. The maximum Gasteiger partial charge on any atom is 0.251 e. The van der Waals surface area contributed by atoms with Crippen LogP contribution in [-0.4, -0.2) is 57.4 Å². The fourth-order valence-corrected chi connectivity index (χ4v) is 4.56. The number of rotatable bonds is 7. The Balaban J connectivity index is 1.30. The van der Waals surface area contributed by atoms with Gasteiger partial charge in [-0.3, -0.25) is 9.69 Å². The number of halogens is 1. The Kier molecular flexibility index (Phi) is 6.72. The van der Waals surface area contributed by atoms with Crippen LogP contribution in [0.2, 0.25) is 0 Å². The van der Waals surface area contributed by atoms with Crippen LogP contribution in [0.4, 0.5) is 10.1 Å². The van der Waals surface area contributed by atoms with E-state index >= 15 is 0 Å². The molecule has 7 nitrogen and oxygen atoms in total. The molecule has 0 saturated carbocycles. The van der Waals surface area contributed by atoms with E-state index in [1.165, 1.54) is 24.3 Å². The van der Waals surface area contributed by atoms with E-state index in [0.29, 0.717) is 17.9 Å². The third-order valence-corrected chi connectivity index (χ3v) is 6.54. The first-order chi connectivity index (χ1) is 17.1. The lowest BCUT2D eigenvalue weighted by atomic mass is 10.0. The summed E-state index contributed by atoms with van der Waals surface area (Å²) in [6.45, 7) is 4.01. The van der Waals surface area contributed by atoms with Crippen molar-refractivity contribution < 1.29 is 23.4 Å². The molecular weight excluding hydrogens is 449 g/mol. The van der Waals surface area contributed by atoms with Gasteiger partial charge in [0.05, 0.1) is 13.2 Å². The molecule has 2 heterocycles. The molecule has 1 fully saturated rings. The molecule has 0 spiro atoms. The molecule has 3 aromatic carbocycles. The van der Waals surface area contributed by atoms with Crippen LogP contribution in [0.1, 0.15) is 22.0 Å². The number of ether oxygens (including phenoxy) is 3. The van der Waals surface area contributed by atoms with E-state index in [2.05, 4.69) is 27.2 Å². The highest BCUT2D eigenvalue weighted by Gasteiger charge is 2.27. The predicted molar refractivity (Wildman–Crippen MR) is 131 cm³/mol. The zero-order chi connectivity index (χ0) is 24.2. The zero-order valence-electron chi connectivity index (χ0n) is 19.6. The van der Waals surface area contributed by atoms with Gasteiger partial charge >= 0.3 is 0 Å². The van der Waals surface area contributed by atoms with Crippen molar-refractivity contribution in [2.75, 3.05) is 51.5 Å². The van der Waals surface area contributed by atoms with Gasteiger partial charge in [-0.25, -0.2) is 4.39 Å². The second kappa shape index (κ2) is 10.2. The molecule has 1 unspecified atom stereocenters. The Morgan fingerprint density at radius 3 is 2.40 bits per heavy atom. The van der Waals surface area contributed by atoms with Gasteiger partial charge in [-0.05, 0) is 66.2 Å². The van der Waals surface area contributed by atoms with E-state index in [4.69, 9.17) is 14.2 Å². The predicted octanol–water partition coefficient (Wildman–Crippen LogP) is 3.86. The monoisotopic (exact) mass is 477 g/mol. The van der Waals surface area contributed by atoms with Crippen molar-refractivity contribution in [3.05, 3.63) is 83.7 Å². The van der Waals surface area contributed by atoms with Gasteiger partial charge in [-0.15, -0.1) is 0 Å². The average Bonchev–Trinajstić information content (AvgIpc) is 3.38. The van der Waals surface area contributed by atoms with E-state index in [0.717, 1.165) is 48.9 Å². The highest BCUT2D eigenvalue weighted by atomic mass is 19.1. The first kappa shape index (κ1) is 23.0. The third kappa shape index (κ3) is 5.17. The minimum atomic E-state index is -0.366. The van der Waals surface area contributed by atoms with Crippen LogP contribution in [-0.2, 0) is 0 Å². The number of hydrogen-bond donors (Lipinski definition) is 1. The number of anilines is 1. The molecule has 2 aliphatic heterocycles. The smallest absolute Gasteiger partial charge is 0.251 e. The van der Waals surface area contributed by atoms with Crippen molar-refractivity contribution in [1.82, 2.24) is 10.2 Å². The Bertz CT molecular complexity index is 1160. The van der Waals surface area contributed by atoms with Gasteiger partial charge in [0.15, 0.2) is 11.5 Å². The molecule has 2 aliphatic rings. The fraction of sp³-hybridized carbons (Fsp3) is 0.296. The van der Waals surface area contributed by atoms with Gasteiger partial charge in [-0.1, -0.05) is 6.07 Å². The Hall–Kier alpha value is -3.78. The lowest BCUT2D eigenvalue weighted by Gasteiger charge is -2.40. The number of fused-ring (bicyclic) bond motifs is 1. The summed E-state index contributed by atoms with van der Waals surface area (Å²) in [6, 6.07) is 19.6. The van der Waals surface area contributed by atoms with Gasteiger partial charge < -0.3 is 24.4 Å². The number of amides is 1. The molecule has 0 radical (unpaired) electrons. The SMILES string of the molecule is COc1ccc(N2CCN(C(CNC(=O)c3ccc(F)cc3)c3ccc4c(c3)OCO4)CC2)cc1. The third-order valence-electron chi connectivity index (χ3n) is 6.54. The summed E-state index contributed by atoms with van der Waals surface area (Å²) < 4.78 is 29.6. The molecule has 182 valence electrons. The lowest BCUT2D eigenvalue weighted by molar-refractivity contribution is 0.0930. The minimum Gasteiger partial charge on any atom is -0.497 e. The number of carbonyl (C=O) groups excluding carboxylic acids is 1. The molecule has 1 amide bonds. The fourth-order valence-electron chi connectivity index (χ4n) is 4.56. The standard InChI is InChI=1S/C27H28FN3O4/c1-33-23-9-7-22(8-10-23)30-12-14-31(15-13-30)24(20-4-11-25-26(16-20)35-18-34-25)17-29-27(32)19-2-5-21(28)6-3-19/h2-11,16,24H,12-15,17-18H2,1H3,(H,29,32). The number of nitrogens with one attached hydrogen (secondary N) is 1. The molecule has 8 heteroatoms. The second-order valence-electron chi connectivity index (χ2n) is 8.57. The van der Waals surface area contributed by atoms with Crippen LogP contribution < -0.4 is 24.4 Å². The van der Waals surface area contributed by atoms with Crippen molar-refractivity contribution in [1.29, 1.82) is 0 Å². The Labute approximate surface area is 204 Å². The molecule has 0 aliphatic carbocycles. The molecule has 1 atom stereocenters. The van der Waals surface area contributed by atoms with Crippen LogP contribution in [0.5, 0.6) is 17.2 Å². The largest absolute Gasteiger partial charge is 0.497 e. The van der Waals surface area contributed by atoms with Crippen molar-refractivity contribution in [2.45, 2.75) is 6.04 Å². The summed E-state index contributed by atoms with van der Waals surface area (Å²) in [5.74, 6) is 1.69. The molecule has 0 aromatic heterocycles. The molecule has 5 rings (SSSR count). The highest BCUT2D eigenvalue weighted by Crippen LogP contribution is 2.36. The van der Waals surface area contributed by atoms with Crippen LogP contribution >= 0.6 is 0 Å². The van der Waals surface area contributed by atoms with E-state index in [1.807, 2.05) is 30.3 Å². The minimum absolute atomic E-state index is 0.0492. The van der Waals surface area contributed by atoms with E-state index < -0.39 is 0 Å². The highest BCUT2D eigenvalue weighted by molar-refractivity contribution is 5.94. The Morgan fingerprint density at radius 2 is 1.69 bits per heavy atom. The molecule has 35 heavy (non-hydrogen) atoms. The maximum atomic E-state index is 13.3. The average molecular weight is 478 g/mol. The molecule has 0 bridgehead atoms. The van der Waals surface area contributed by atoms with Crippen LogP contribution in [0.3, 0.4) is 0 Å². The van der Waals surface area contributed by atoms with E-state index in [1.54, 1.807) is 7.11 Å². The quantitative estimate of drug-likeness (QED) is 0.558. The first-order valence-corrected chi connectivity index (χ1v) is 11.7. The number of piperazine rings is 1. The number of hydrogen-bond acceptors (Lipinski definition) is 6. The van der Waals surface area contributed by atoms with Gasteiger partial charge in [0.2, 0.25) is 6.79 Å².